The van der Waals surface area contributed by atoms with E-state index in [1.165, 1.54) is 0 Å². The molecule has 10 heavy (non-hydrogen) atoms. The molecule has 0 aliphatic carbocycles. The van der Waals surface area contributed by atoms with Gasteiger partial charge in [-0.2, -0.15) is 5.26 Å². The predicted molar refractivity (Wildman–Crippen MR) is 44.2 cm³/mol. The monoisotopic (exact) mass is 157 g/mol. The highest BCUT2D eigenvalue weighted by molar-refractivity contribution is 7.80. The molecule has 0 amide bonds. The molecule has 0 unspecified atom stereocenters. The van der Waals surface area contributed by atoms with Crippen molar-refractivity contribution >= 4 is 17.3 Å². The van der Waals surface area contributed by atoms with Crippen LogP contribution in [0.15, 0.2) is 0 Å². The van der Waals surface area contributed by atoms with Gasteiger partial charge in [0.05, 0.1) is 0 Å². The zero-order valence-electron chi connectivity index (χ0n) is 6.36. The van der Waals surface area contributed by atoms with Crippen LogP contribution >= 0.6 is 12.2 Å². The van der Waals surface area contributed by atoms with Gasteiger partial charge in [0.25, 0.3) is 0 Å². The zero-order chi connectivity index (χ0) is 8.20. The molecule has 0 spiro atoms. The van der Waals surface area contributed by atoms with Crippen molar-refractivity contribution in [2.75, 3.05) is 0 Å². The van der Waals surface area contributed by atoms with Gasteiger partial charge >= 0.3 is 0 Å². The first-order valence-corrected chi connectivity index (χ1v) is 3.34. The van der Waals surface area contributed by atoms with Crippen molar-refractivity contribution in [1.29, 1.82) is 5.26 Å². The molecule has 0 aliphatic rings. The van der Waals surface area contributed by atoms with Gasteiger partial charge in [0.15, 0.2) is 11.3 Å². The SMILES string of the molecule is CC(C)(C)NC(=S)NC#N. The van der Waals surface area contributed by atoms with E-state index < -0.39 is 0 Å². The number of nitrogens with zero attached hydrogens (tertiary/aromatic N) is 1. The van der Waals surface area contributed by atoms with Crippen LogP contribution in [0.3, 0.4) is 0 Å². The van der Waals surface area contributed by atoms with Crippen molar-refractivity contribution < 1.29 is 0 Å². The van der Waals surface area contributed by atoms with E-state index in [0.29, 0.717) is 5.11 Å². The lowest BCUT2D eigenvalue weighted by molar-refractivity contribution is 0.510. The van der Waals surface area contributed by atoms with Crippen molar-refractivity contribution in [3.63, 3.8) is 0 Å². The lowest BCUT2D eigenvalue weighted by Crippen LogP contribution is -2.44. The smallest absolute Gasteiger partial charge is 0.183 e. The Labute approximate surface area is 66.4 Å². The fraction of sp³-hybridized carbons (Fsp3) is 0.667. The van der Waals surface area contributed by atoms with Gasteiger partial charge in [0, 0.05) is 5.54 Å². The van der Waals surface area contributed by atoms with Gasteiger partial charge in [0.1, 0.15) is 0 Å². The van der Waals surface area contributed by atoms with E-state index in [4.69, 9.17) is 17.5 Å². The molecular formula is C6H11N3S. The summed E-state index contributed by atoms with van der Waals surface area (Å²) in [6.07, 6.45) is 1.74. The van der Waals surface area contributed by atoms with Crippen LogP contribution in [0.4, 0.5) is 0 Å². The second kappa shape index (κ2) is 3.37. The maximum absolute atomic E-state index is 8.14. The summed E-state index contributed by atoms with van der Waals surface area (Å²) in [5.74, 6) is 0. The summed E-state index contributed by atoms with van der Waals surface area (Å²) < 4.78 is 0. The van der Waals surface area contributed by atoms with Crippen molar-refractivity contribution in [3.8, 4) is 6.19 Å². The molecule has 4 heteroatoms. The second-order valence-electron chi connectivity index (χ2n) is 2.94. The summed E-state index contributed by atoms with van der Waals surface area (Å²) in [5.41, 5.74) is -0.0824. The summed E-state index contributed by atoms with van der Waals surface area (Å²) >= 11 is 4.76. The number of nitrogens with one attached hydrogen (secondary N) is 2. The molecule has 0 fully saturated rings. The highest BCUT2D eigenvalue weighted by atomic mass is 32.1. The highest BCUT2D eigenvalue weighted by Crippen LogP contribution is 1.96. The summed E-state index contributed by atoms with van der Waals surface area (Å²) in [5, 5.41) is 13.8. The Balaban J connectivity index is 3.72. The molecule has 0 atom stereocenters. The first kappa shape index (κ1) is 9.18. The molecule has 0 aromatic carbocycles. The molecule has 56 valence electrons. The number of rotatable bonds is 0. The molecule has 0 heterocycles. The zero-order valence-corrected chi connectivity index (χ0v) is 7.17. The average Bonchev–Trinajstić information content (AvgIpc) is 1.59. The lowest BCUT2D eigenvalue weighted by Gasteiger charge is -2.20. The Bertz CT molecular complexity index is 163. The summed E-state index contributed by atoms with van der Waals surface area (Å²) in [7, 11) is 0. The van der Waals surface area contributed by atoms with E-state index in [9.17, 15) is 0 Å². The van der Waals surface area contributed by atoms with Gasteiger partial charge in [0.2, 0.25) is 0 Å². The van der Waals surface area contributed by atoms with Crippen LogP contribution in [-0.4, -0.2) is 10.7 Å². The van der Waals surface area contributed by atoms with Crippen molar-refractivity contribution in [2.45, 2.75) is 26.3 Å². The molecule has 0 radical (unpaired) electrons. The van der Waals surface area contributed by atoms with Crippen LogP contribution < -0.4 is 10.6 Å². The highest BCUT2D eigenvalue weighted by Gasteiger charge is 2.09. The molecule has 0 bridgehead atoms. The summed E-state index contributed by atoms with van der Waals surface area (Å²) in [6.45, 7) is 5.91. The van der Waals surface area contributed by atoms with Crippen LogP contribution in [0.25, 0.3) is 0 Å². The minimum absolute atomic E-state index is 0.0824. The summed E-state index contributed by atoms with van der Waals surface area (Å²) in [6, 6.07) is 0. The van der Waals surface area contributed by atoms with Gasteiger partial charge in [-0.05, 0) is 33.0 Å². The third-order valence-corrected chi connectivity index (χ3v) is 0.862. The molecule has 0 aromatic heterocycles. The van der Waals surface area contributed by atoms with Crippen molar-refractivity contribution in [1.82, 2.24) is 10.6 Å². The topological polar surface area (TPSA) is 47.8 Å². The first-order valence-electron chi connectivity index (χ1n) is 2.93. The maximum atomic E-state index is 8.14. The number of hydrogen-bond acceptors (Lipinski definition) is 2. The molecule has 0 aliphatic heterocycles. The minimum Gasteiger partial charge on any atom is -0.357 e. The van der Waals surface area contributed by atoms with E-state index in [1.807, 2.05) is 20.8 Å². The largest absolute Gasteiger partial charge is 0.357 e. The summed E-state index contributed by atoms with van der Waals surface area (Å²) in [4.78, 5) is 0. The first-order chi connectivity index (χ1) is 4.45. The van der Waals surface area contributed by atoms with Crippen LogP contribution in [0.1, 0.15) is 20.8 Å². The quantitative estimate of drug-likeness (QED) is 0.309. The van der Waals surface area contributed by atoms with E-state index in [2.05, 4.69) is 10.6 Å². The molecule has 0 rings (SSSR count). The molecule has 0 saturated carbocycles. The molecular weight excluding hydrogens is 146 g/mol. The second-order valence-corrected chi connectivity index (χ2v) is 3.35. The molecule has 3 nitrogen and oxygen atoms in total. The Morgan fingerprint density at radius 2 is 2.00 bits per heavy atom. The Morgan fingerprint density at radius 3 is 2.30 bits per heavy atom. The molecule has 0 saturated heterocycles. The molecule has 2 N–H and O–H groups in total. The van der Waals surface area contributed by atoms with Gasteiger partial charge in [-0.1, -0.05) is 0 Å². The van der Waals surface area contributed by atoms with Crippen LogP contribution in [0, 0.1) is 11.5 Å². The number of nitriles is 1. The minimum atomic E-state index is -0.0824. The van der Waals surface area contributed by atoms with Gasteiger partial charge < -0.3 is 5.32 Å². The van der Waals surface area contributed by atoms with Gasteiger partial charge in [-0.25, -0.2) is 0 Å². The third-order valence-electron chi connectivity index (χ3n) is 0.658. The maximum Gasteiger partial charge on any atom is 0.183 e. The van der Waals surface area contributed by atoms with Crippen molar-refractivity contribution in [3.05, 3.63) is 0 Å². The van der Waals surface area contributed by atoms with Crippen LogP contribution in [0.5, 0.6) is 0 Å². The normalized spacial score (nSPS) is 9.80. The lowest BCUT2D eigenvalue weighted by atomic mass is 10.1. The number of thiocarbonyl (C=S) groups is 1. The van der Waals surface area contributed by atoms with E-state index in [-0.39, 0.29) is 5.54 Å². The average molecular weight is 157 g/mol. The van der Waals surface area contributed by atoms with Crippen LogP contribution in [0.2, 0.25) is 0 Å². The predicted octanol–water partition coefficient (Wildman–Crippen LogP) is 0.730. The van der Waals surface area contributed by atoms with Crippen LogP contribution in [-0.2, 0) is 0 Å². The Hall–Kier alpha value is -0.820. The van der Waals surface area contributed by atoms with E-state index in [0.717, 1.165) is 0 Å². The van der Waals surface area contributed by atoms with Gasteiger partial charge in [-0.15, -0.1) is 0 Å². The Kier molecular flexibility index (Phi) is 3.10. The standard InChI is InChI=1S/C6H11N3S/c1-6(2,3)9-5(10)8-4-7/h1-3H3,(H2,8,9,10). The fourth-order valence-corrected chi connectivity index (χ4v) is 0.774. The fourth-order valence-electron chi connectivity index (χ4n) is 0.423. The van der Waals surface area contributed by atoms with Crippen molar-refractivity contribution in [2.24, 2.45) is 0 Å². The third kappa shape index (κ3) is 5.32. The van der Waals surface area contributed by atoms with E-state index in [1.54, 1.807) is 6.19 Å². The van der Waals surface area contributed by atoms with E-state index >= 15 is 0 Å². The Morgan fingerprint density at radius 1 is 1.50 bits per heavy atom. The molecule has 0 aromatic rings. The van der Waals surface area contributed by atoms with Gasteiger partial charge in [-0.3, -0.25) is 5.32 Å². The number of hydrogen-bond donors (Lipinski definition) is 2.